The number of aromatic carboxylic acids is 1. The lowest BCUT2D eigenvalue weighted by molar-refractivity contribution is -0.0120. The number of fused-ring (bicyclic) bond motifs is 1. The van der Waals surface area contributed by atoms with E-state index in [0.29, 0.717) is 26.4 Å². The number of halogens is 2. The average molecular weight is 409 g/mol. The van der Waals surface area contributed by atoms with E-state index in [2.05, 4.69) is 5.32 Å². The van der Waals surface area contributed by atoms with Gasteiger partial charge in [0, 0.05) is 23.3 Å². The second kappa shape index (κ2) is 6.84. The molecule has 0 atom stereocenters. The van der Waals surface area contributed by atoms with Crippen LogP contribution in [0, 0.1) is 0 Å². The first-order valence-corrected chi connectivity index (χ1v) is 9.61. The molecule has 5 nitrogen and oxygen atoms in total. The Morgan fingerprint density at radius 2 is 1.89 bits per heavy atom. The summed E-state index contributed by atoms with van der Waals surface area (Å²) in [5.41, 5.74) is 0.660. The van der Waals surface area contributed by atoms with Crippen LogP contribution in [0.4, 0.5) is 8.78 Å². The minimum Gasteiger partial charge on any atom is -0.507 e. The Hall–Kier alpha value is -2.48. The van der Waals surface area contributed by atoms with Crippen molar-refractivity contribution in [3.05, 3.63) is 39.8 Å². The van der Waals surface area contributed by atoms with Crippen LogP contribution in [0.3, 0.4) is 0 Å². The average Bonchev–Trinajstić information content (AvgIpc) is 2.90. The van der Waals surface area contributed by atoms with Gasteiger partial charge in [-0.15, -0.1) is 11.3 Å². The van der Waals surface area contributed by atoms with Crippen molar-refractivity contribution in [2.45, 2.75) is 51.5 Å². The van der Waals surface area contributed by atoms with E-state index in [0.717, 1.165) is 11.3 Å². The van der Waals surface area contributed by atoms with Crippen molar-refractivity contribution in [1.82, 2.24) is 5.32 Å². The van der Waals surface area contributed by atoms with Gasteiger partial charge in [0.15, 0.2) is 0 Å². The number of nitrogens with one attached hydrogen (secondary N) is 1. The van der Waals surface area contributed by atoms with Crippen LogP contribution in [0.5, 0.6) is 5.75 Å². The van der Waals surface area contributed by atoms with E-state index >= 15 is 0 Å². The molecule has 0 saturated heterocycles. The lowest BCUT2D eigenvalue weighted by Crippen LogP contribution is -2.40. The molecule has 150 valence electrons. The van der Waals surface area contributed by atoms with Gasteiger partial charge in [0.2, 0.25) is 0 Å². The maximum absolute atomic E-state index is 14.1. The summed E-state index contributed by atoms with van der Waals surface area (Å²) < 4.78 is 28.2. The number of hydrogen-bond acceptors (Lipinski definition) is 4. The number of benzene rings is 1. The van der Waals surface area contributed by atoms with Gasteiger partial charge in [0.1, 0.15) is 11.3 Å². The maximum Gasteiger partial charge on any atom is 0.339 e. The summed E-state index contributed by atoms with van der Waals surface area (Å²) in [5, 5.41) is 21.9. The topological polar surface area (TPSA) is 86.6 Å². The molecule has 1 aromatic carbocycles. The van der Waals surface area contributed by atoms with Crippen LogP contribution in [0.15, 0.2) is 18.2 Å². The first-order valence-electron chi connectivity index (χ1n) is 8.79. The van der Waals surface area contributed by atoms with Crippen molar-refractivity contribution in [3.63, 3.8) is 0 Å². The number of carbonyl (C=O) groups excluding carboxylic acids is 1. The van der Waals surface area contributed by atoms with Gasteiger partial charge in [0.25, 0.3) is 11.8 Å². The van der Waals surface area contributed by atoms with Crippen molar-refractivity contribution < 1.29 is 28.6 Å². The normalized spacial score (nSPS) is 15.8. The van der Waals surface area contributed by atoms with Crippen LogP contribution in [0.2, 0.25) is 0 Å². The molecule has 0 aliphatic heterocycles. The summed E-state index contributed by atoms with van der Waals surface area (Å²) in [6.07, 6.45) is -0.724. The quantitative estimate of drug-likeness (QED) is 0.698. The monoisotopic (exact) mass is 409 g/mol. The van der Waals surface area contributed by atoms with E-state index in [4.69, 9.17) is 5.11 Å². The van der Waals surface area contributed by atoms with Gasteiger partial charge < -0.3 is 15.5 Å². The number of amides is 1. The third kappa shape index (κ3) is 4.01. The highest BCUT2D eigenvalue weighted by molar-refractivity contribution is 7.17. The Bertz CT molecular complexity index is 960. The number of aromatic hydroxyl groups is 1. The zero-order chi connectivity index (χ0) is 20.9. The van der Waals surface area contributed by atoms with Crippen molar-refractivity contribution in [1.29, 1.82) is 0 Å². The fraction of sp³-hybridized carbons (Fsp3) is 0.400. The van der Waals surface area contributed by atoms with E-state index in [1.54, 1.807) is 0 Å². The Kier molecular flexibility index (Phi) is 4.95. The molecule has 0 bridgehead atoms. The summed E-state index contributed by atoms with van der Waals surface area (Å²) in [4.78, 5) is 24.7. The minimum absolute atomic E-state index is 0.0882. The SMILES string of the molecule is CC(C)(C)NC(=O)c1sc(-c2ccc(C(=O)O)c(O)c2)c2c1CCC(F)(F)C2. The molecule has 0 fully saturated rings. The third-order valence-electron chi connectivity index (χ3n) is 4.48. The van der Waals surface area contributed by atoms with Gasteiger partial charge in [-0.3, -0.25) is 4.79 Å². The summed E-state index contributed by atoms with van der Waals surface area (Å²) in [5.74, 6) is -4.93. The zero-order valence-electron chi connectivity index (χ0n) is 15.7. The minimum atomic E-state index is -2.87. The van der Waals surface area contributed by atoms with Crippen LogP contribution in [-0.2, 0) is 12.8 Å². The Balaban J connectivity index is 2.12. The predicted octanol–water partition coefficient (Wildman–Crippen LogP) is 4.47. The van der Waals surface area contributed by atoms with Crippen molar-refractivity contribution in [3.8, 4) is 16.2 Å². The molecule has 3 rings (SSSR count). The second-order valence-corrected chi connectivity index (χ2v) is 9.01. The Labute approximate surface area is 165 Å². The van der Waals surface area contributed by atoms with E-state index in [9.17, 15) is 23.5 Å². The molecule has 1 aliphatic rings. The molecule has 0 saturated carbocycles. The van der Waals surface area contributed by atoms with Crippen LogP contribution < -0.4 is 5.32 Å². The van der Waals surface area contributed by atoms with Gasteiger partial charge in [-0.05, 0) is 56.0 Å². The van der Waals surface area contributed by atoms with Crippen molar-refractivity contribution in [2.75, 3.05) is 0 Å². The molecule has 1 amide bonds. The van der Waals surface area contributed by atoms with Gasteiger partial charge in [0.05, 0.1) is 4.88 Å². The number of carbonyl (C=O) groups is 2. The van der Waals surface area contributed by atoms with Crippen LogP contribution >= 0.6 is 11.3 Å². The first-order chi connectivity index (χ1) is 12.9. The molecule has 28 heavy (non-hydrogen) atoms. The molecule has 1 heterocycles. The number of thiophene rings is 1. The molecule has 1 aromatic heterocycles. The smallest absolute Gasteiger partial charge is 0.339 e. The van der Waals surface area contributed by atoms with Crippen molar-refractivity contribution >= 4 is 23.2 Å². The maximum atomic E-state index is 14.1. The second-order valence-electron chi connectivity index (χ2n) is 7.99. The summed E-state index contributed by atoms with van der Waals surface area (Å²) >= 11 is 1.10. The highest BCUT2D eigenvalue weighted by Crippen LogP contribution is 2.45. The lowest BCUT2D eigenvalue weighted by atomic mass is 9.87. The van der Waals surface area contributed by atoms with Gasteiger partial charge in [-0.25, -0.2) is 13.6 Å². The highest BCUT2D eigenvalue weighted by Gasteiger charge is 2.39. The largest absolute Gasteiger partial charge is 0.507 e. The van der Waals surface area contributed by atoms with E-state index in [1.807, 2.05) is 20.8 Å². The van der Waals surface area contributed by atoms with Crippen molar-refractivity contribution in [2.24, 2.45) is 0 Å². The van der Waals surface area contributed by atoms with E-state index < -0.39 is 29.6 Å². The molecular weight excluding hydrogens is 388 g/mol. The van der Waals surface area contributed by atoms with Gasteiger partial charge in [-0.2, -0.15) is 0 Å². The zero-order valence-corrected chi connectivity index (χ0v) is 16.5. The summed E-state index contributed by atoms with van der Waals surface area (Å²) in [6, 6.07) is 3.94. The highest BCUT2D eigenvalue weighted by atomic mass is 32.1. The summed E-state index contributed by atoms with van der Waals surface area (Å²) in [6.45, 7) is 5.51. The fourth-order valence-electron chi connectivity index (χ4n) is 3.27. The number of alkyl halides is 2. The summed E-state index contributed by atoms with van der Waals surface area (Å²) in [7, 11) is 0. The third-order valence-corrected chi connectivity index (χ3v) is 5.80. The molecule has 0 spiro atoms. The fourth-order valence-corrected chi connectivity index (χ4v) is 4.53. The molecule has 0 unspecified atom stereocenters. The standard InChI is InChI=1S/C20H21F2NO4S/c1-19(2,3)23-17(25)16-11-6-7-20(21,22)9-13(11)15(28-16)10-4-5-12(18(26)27)14(24)8-10/h4-5,8,24H,6-7,9H2,1-3H3,(H,23,25)(H,26,27). The first kappa shape index (κ1) is 20.3. The van der Waals surface area contributed by atoms with Gasteiger partial charge >= 0.3 is 5.97 Å². The molecule has 8 heteroatoms. The Morgan fingerprint density at radius 3 is 2.46 bits per heavy atom. The predicted molar refractivity (Wildman–Crippen MR) is 103 cm³/mol. The van der Waals surface area contributed by atoms with E-state index in [1.165, 1.54) is 18.2 Å². The number of rotatable bonds is 3. The molecule has 3 N–H and O–H groups in total. The van der Waals surface area contributed by atoms with Gasteiger partial charge in [-0.1, -0.05) is 6.07 Å². The van der Waals surface area contributed by atoms with Crippen LogP contribution in [0.1, 0.15) is 58.3 Å². The number of phenols is 1. The van der Waals surface area contributed by atoms with E-state index in [-0.39, 0.29) is 24.3 Å². The molecule has 1 aliphatic carbocycles. The Morgan fingerprint density at radius 1 is 1.21 bits per heavy atom. The lowest BCUT2D eigenvalue weighted by Gasteiger charge is -2.24. The number of carboxylic acids is 1. The molecule has 0 radical (unpaired) electrons. The molecular formula is C20H21F2NO4S. The van der Waals surface area contributed by atoms with Crippen LogP contribution in [-0.4, -0.2) is 33.6 Å². The number of hydrogen-bond donors (Lipinski definition) is 3. The molecule has 2 aromatic rings. The van der Waals surface area contributed by atoms with Crippen LogP contribution in [0.25, 0.3) is 10.4 Å². The number of carboxylic acid groups (broad SMARTS) is 1.